The molecule has 1 aliphatic heterocycles. The molecule has 5 rings (SSSR count). The van der Waals surface area contributed by atoms with Gasteiger partial charge in [-0.15, -0.1) is 0 Å². The van der Waals surface area contributed by atoms with Crippen molar-refractivity contribution in [3.05, 3.63) is 105 Å². The van der Waals surface area contributed by atoms with E-state index in [1.807, 2.05) is 24.4 Å². The molecule has 1 amide bonds. The number of aliphatic hydroxyl groups is 1. The van der Waals surface area contributed by atoms with Gasteiger partial charge in [-0.3, -0.25) is 9.59 Å². The van der Waals surface area contributed by atoms with Gasteiger partial charge in [0, 0.05) is 33.7 Å². The van der Waals surface area contributed by atoms with E-state index in [1.165, 1.54) is 29.2 Å². The molecule has 1 fully saturated rings. The Morgan fingerprint density at radius 2 is 1.81 bits per heavy atom. The lowest BCUT2D eigenvalue weighted by Crippen LogP contribution is -2.31. The summed E-state index contributed by atoms with van der Waals surface area (Å²) < 4.78 is 19.8. The minimum Gasteiger partial charge on any atom is -0.507 e. The van der Waals surface area contributed by atoms with Gasteiger partial charge in [0.15, 0.2) is 0 Å². The lowest BCUT2D eigenvalue weighted by atomic mass is 9.95. The van der Waals surface area contributed by atoms with E-state index in [9.17, 15) is 19.1 Å². The fraction of sp³-hybridized carbons (Fsp3) is 0.143. The van der Waals surface area contributed by atoms with E-state index in [2.05, 4.69) is 20.9 Å². The number of aromatic amines is 1. The van der Waals surface area contributed by atoms with Crippen LogP contribution in [0.15, 0.2) is 83.0 Å². The highest BCUT2D eigenvalue weighted by Gasteiger charge is 2.45. The number of carbonyl (C=O) groups is 2. The van der Waals surface area contributed by atoms with Crippen molar-refractivity contribution in [1.82, 2.24) is 9.88 Å². The zero-order valence-electron chi connectivity index (χ0n) is 19.3. The number of ether oxygens (including phenoxy) is 1. The number of nitrogens with one attached hydrogen (secondary N) is 1. The van der Waals surface area contributed by atoms with Crippen LogP contribution in [0.4, 0.5) is 4.39 Å². The summed E-state index contributed by atoms with van der Waals surface area (Å²) in [6, 6.07) is 17.3. The molecular formula is C28H22BrFN2O4. The van der Waals surface area contributed by atoms with Gasteiger partial charge in [0.05, 0.1) is 18.7 Å². The molecule has 36 heavy (non-hydrogen) atoms. The maximum Gasteiger partial charge on any atom is 0.295 e. The number of aromatic nitrogens is 1. The molecule has 6 nitrogen and oxygen atoms in total. The molecule has 0 aliphatic carbocycles. The quantitative estimate of drug-likeness (QED) is 0.183. The molecule has 1 saturated heterocycles. The SMILES string of the molecule is COc1ccc2[nH]cc(CCN3C(=O)C(=O)C(=C(O)c4ccc(Br)cc4)[C@@H]3c3ccc(F)cc3)c2c1. The number of Topliss-reactive ketones (excluding diaryl/α,β-unsaturated/α-hetero) is 1. The first-order valence-corrected chi connectivity index (χ1v) is 12.1. The van der Waals surface area contributed by atoms with E-state index in [-0.39, 0.29) is 17.9 Å². The monoisotopic (exact) mass is 548 g/mol. The zero-order chi connectivity index (χ0) is 25.4. The number of fused-ring (bicyclic) bond motifs is 1. The predicted molar refractivity (Wildman–Crippen MR) is 138 cm³/mol. The normalized spacial score (nSPS) is 17.2. The molecule has 0 saturated carbocycles. The summed E-state index contributed by atoms with van der Waals surface area (Å²) in [6.45, 7) is 0.216. The Kier molecular flexibility index (Phi) is 6.36. The highest BCUT2D eigenvalue weighted by molar-refractivity contribution is 9.10. The third-order valence-electron chi connectivity index (χ3n) is 6.44. The van der Waals surface area contributed by atoms with Crippen LogP contribution >= 0.6 is 15.9 Å². The first-order chi connectivity index (χ1) is 17.4. The lowest BCUT2D eigenvalue weighted by molar-refractivity contribution is -0.139. The van der Waals surface area contributed by atoms with E-state index in [1.54, 1.807) is 31.4 Å². The molecule has 0 bridgehead atoms. The van der Waals surface area contributed by atoms with Gasteiger partial charge in [0.2, 0.25) is 0 Å². The first-order valence-electron chi connectivity index (χ1n) is 11.3. The number of methoxy groups -OCH3 is 1. The van der Waals surface area contributed by atoms with Crippen molar-refractivity contribution in [2.24, 2.45) is 0 Å². The number of ketones is 1. The summed E-state index contributed by atoms with van der Waals surface area (Å²) in [5.41, 5.74) is 2.81. The number of likely N-dealkylation sites (tertiary alicyclic amines) is 1. The van der Waals surface area contributed by atoms with Crippen molar-refractivity contribution in [3.63, 3.8) is 0 Å². The second-order valence-corrected chi connectivity index (χ2v) is 9.44. The van der Waals surface area contributed by atoms with E-state index in [0.29, 0.717) is 23.3 Å². The van der Waals surface area contributed by atoms with Crippen molar-refractivity contribution >= 4 is 44.3 Å². The van der Waals surface area contributed by atoms with Crippen molar-refractivity contribution in [2.45, 2.75) is 12.5 Å². The second-order valence-electron chi connectivity index (χ2n) is 8.53. The smallest absolute Gasteiger partial charge is 0.295 e. The van der Waals surface area contributed by atoms with Crippen LogP contribution in [0.3, 0.4) is 0 Å². The van der Waals surface area contributed by atoms with Gasteiger partial charge in [-0.2, -0.15) is 0 Å². The molecule has 182 valence electrons. The molecule has 1 aromatic heterocycles. The molecule has 2 N–H and O–H groups in total. The van der Waals surface area contributed by atoms with E-state index < -0.39 is 23.5 Å². The van der Waals surface area contributed by atoms with Crippen LogP contribution in [0, 0.1) is 5.82 Å². The molecule has 0 unspecified atom stereocenters. The Bertz CT molecular complexity index is 1490. The summed E-state index contributed by atoms with van der Waals surface area (Å²) in [6.07, 6.45) is 2.33. The van der Waals surface area contributed by atoms with Crippen LogP contribution in [0.1, 0.15) is 22.7 Å². The molecule has 1 atom stereocenters. The Balaban J connectivity index is 1.55. The third-order valence-corrected chi connectivity index (χ3v) is 6.97. The van der Waals surface area contributed by atoms with Crippen molar-refractivity contribution in [3.8, 4) is 5.75 Å². The molecule has 4 aromatic rings. The molecule has 8 heteroatoms. The Morgan fingerprint density at radius 1 is 1.08 bits per heavy atom. The van der Waals surface area contributed by atoms with E-state index in [0.717, 1.165) is 20.9 Å². The van der Waals surface area contributed by atoms with Crippen molar-refractivity contribution in [1.29, 1.82) is 0 Å². The topological polar surface area (TPSA) is 82.6 Å². The summed E-state index contributed by atoms with van der Waals surface area (Å²) >= 11 is 3.36. The maximum absolute atomic E-state index is 13.7. The number of benzene rings is 3. The fourth-order valence-electron chi connectivity index (χ4n) is 4.60. The number of aliphatic hydroxyl groups excluding tert-OH is 1. The van der Waals surface area contributed by atoms with Gasteiger partial charge in [0.25, 0.3) is 11.7 Å². The number of H-pyrrole nitrogens is 1. The number of halogens is 2. The van der Waals surface area contributed by atoms with Gasteiger partial charge in [-0.1, -0.05) is 40.2 Å². The number of rotatable bonds is 6. The standard InChI is InChI=1S/C28H22BrFN2O4/c1-36-21-10-11-23-22(14-21)18(15-31-23)12-13-32-25(16-4-8-20(30)9-5-16)24(27(34)28(32)35)26(33)17-2-6-19(29)7-3-17/h2-11,14-15,25,31,33H,12-13H2,1H3/t25-/m0/s1. The van der Waals surface area contributed by atoms with Crippen molar-refractivity contribution in [2.75, 3.05) is 13.7 Å². The minimum absolute atomic E-state index is 0.0190. The molecule has 1 aliphatic rings. The van der Waals surface area contributed by atoms with Gasteiger partial charge in [0.1, 0.15) is 17.3 Å². The number of nitrogens with zero attached hydrogens (tertiary/aromatic N) is 1. The predicted octanol–water partition coefficient (Wildman–Crippen LogP) is 5.74. The van der Waals surface area contributed by atoms with Gasteiger partial charge < -0.3 is 19.7 Å². The zero-order valence-corrected chi connectivity index (χ0v) is 20.9. The summed E-state index contributed by atoms with van der Waals surface area (Å²) in [5, 5.41) is 12.1. The maximum atomic E-state index is 13.7. The highest BCUT2D eigenvalue weighted by atomic mass is 79.9. The first kappa shape index (κ1) is 23.8. The summed E-state index contributed by atoms with van der Waals surface area (Å²) in [7, 11) is 1.60. The van der Waals surface area contributed by atoms with Gasteiger partial charge in [-0.25, -0.2) is 4.39 Å². The Hall–Kier alpha value is -3.91. The molecular weight excluding hydrogens is 527 g/mol. The fourth-order valence-corrected chi connectivity index (χ4v) is 4.86. The molecule has 0 spiro atoms. The van der Waals surface area contributed by atoms with Crippen LogP contribution in [0.25, 0.3) is 16.7 Å². The number of amides is 1. The van der Waals surface area contributed by atoms with Crippen LogP contribution in [0.5, 0.6) is 5.75 Å². The van der Waals surface area contributed by atoms with Gasteiger partial charge >= 0.3 is 0 Å². The third kappa shape index (κ3) is 4.28. The summed E-state index contributed by atoms with van der Waals surface area (Å²) in [5.74, 6) is -1.47. The number of hydrogen-bond acceptors (Lipinski definition) is 4. The van der Waals surface area contributed by atoms with Crippen LogP contribution in [-0.4, -0.2) is 40.3 Å². The number of hydrogen-bond donors (Lipinski definition) is 2. The average molecular weight is 549 g/mol. The van der Waals surface area contributed by atoms with Crippen LogP contribution in [-0.2, 0) is 16.0 Å². The molecule has 0 radical (unpaired) electrons. The number of carbonyl (C=O) groups excluding carboxylic acids is 2. The van der Waals surface area contributed by atoms with Gasteiger partial charge in [-0.05, 0) is 60.0 Å². The minimum atomic E-state index is -0.853. The second kappa shape index (κ2) is 9.62. The molecule has 2 heterocycles. The van der Waals surface area contributed by atoms with Crippen LogP contribution < -0.4 is 4.74 Å². The highest BCUT2D eigenvalue weighted by Crippen LogP contribution is 2.40. The lowest BCUT2D eigenvalue weighted by Gasteiger charge is -2.25. The summed E-state index contributed by atoms with van der Waals surface area (Å²) in [4.78, 5) is 31.1. The molecule has 3 aromatic carbocycles. The van der Waals surface area contributed by atoms with Crippen molar-refractivity contribution < 1.29 is 23.8 Å². The Morgan fingerprint density at radius 3 is 2.50 bits per heavy atom. The largest absolute Gasteiger partial charge is 0.507 e. The van der Waals surface area contributed by atoms with E-state index in [4.69, 9.17) is 4.74 Å². The van der Waals surface area contributed by atoms with E-state index >= 15 is 0 Å². The Labute approximate surface area is 215 Å². The average Bonchev–Trinajstić information content (AvgIpc) is 3.40. The van der Waals surface area contributed by atoms with Crippen LogP contribution in [0.2, 0.25) is 0 Å².